The molecule has 0 aromatic heterocycles. The van der Waals surface area contributed by atoms with Crippen LogP contribution >= 0.6 is 0 Å². The van der Waals surface area contributed by atoms with Gasteiger partial charge in [0.2, 0.25) is 0 Å². The third kappa shape index (κ3) is 1.88. The number of hydrogen-bond donors (Lipinski definition) is 1. The predicted octanol–water partition coefficient (Wildman–Crippen LogP) is 2.86. The fourth-order valence-corrected chi connectivity index (χ4v) is 2.45. The van der Waals surface area contributed by atoms with Gasteiger partial charge in [-0.1, -0.05) is 12.1 Å². The molecule has 0 radical (unpaired) electrons. The molecule has 0 amide bonds. The number of ether oxygens (including phenoxy) is 1. The Hall–Kier alpha value is -1.94. The summed E-state index contributed by atoms with van der Waals surface area (Å²) in [5.41, 5.74) is 6.91. The normalized spacial score (nSPS) is 16.9. The minimum absolute atomic E-state index is 0.337. The van der Waals surface area contributed by atoms with Crippen molar-refractivity contribution in [2.24, 2.45) is 0 Å². The molecule has 2 nitrogen and oxygen atoms in total. The Kier molecular flexibility index (Phi) is 2.75. The first-order valence-corrected chi connectivity index (χ1v) is 6.01. The third-order valence-electron chi connectivity index (χ3n) is 3.60. The summed E-state index contributed by atoms with van der Waals surface area (Å²) in [7, 11) is 0. The van der Waals surface area contributed by atoms with Crippen molar-refractivity contribution in [3.05, 3.63) is 65.2 Å². The number of anilines is 1. The zero-order chi connectivity index (χ0) is 13.5. The summed E-state index contributed by atoms with van der Waals surface area (Å²) < 4.78 is 32.6. The van der Waals surface area contributed by atoms with Crippen LogP contribution in [0.25, 0.3) is 0 Å². The summed E-state index contributed by atoms with van der Waals surface area (Å²) in [6.45, 7) is 0.689. The lowest BCUT2D eigenvalue weighted by atomic mass is 9.72. The van der Waals surface area contributed by atoms with E-state index in [1.165, 1.54) is 6.07 Å². The third-order valence-corrected chi connectivity index (χ3v) is 3.60. The van der Waals surface area contributed by atoms with Crippen LogP contribution in [0.2, 0.25) is 0 Å². The molecule has 0 unspecified atom stereocenters. The van der Waals surface area contributed by atoms with Crippen LogP contribution in [-0.2, 0) is 10.2 Å². The molecule has 3 rings (SSSR count). The van der Waals surface area contributed by atoms with E-state index in [1.54, 1.807) is 12.1 Å². The molecule has 2 aromatic carbocycles. The average molecular weight is 261 g/mol. The molecule has 2 N–H and O–H groups in total. The van der Waals surface area contributed by atoms with E-state index in [0.717, 1.165) is 17.7 Å². The molecule has 1 aliphatic heterocycles. The molecule has 19 heavy (non-hydrogen) atoms. The van der Waals surface area contributed by atoms with Gasteiger partial charge in [-0.25, -0.2) is 8.78 Å². The van der Waals surface area contributed by atoms with Gasteiger partial charge < -0.3 is 10.5 Å². The lowest BCUT2D eigenvalue weighted by Gasteiger charge is -2.42. The molecule has 1 fully saturated rings. The summed E-state index contributed by atoms with van der Waals surface area (Å²) in [4.78, 5) is 0. The highest BCUT2D eigenvalue weighted by molar-refractivity contribution is 5.47. The Morgan fingerprint density at radius 1 is 1.00 bits per heavy atom. The summed E-state index contributed by atoms with van der Waals surface area (Å²) in [6, 6.07) is 10.7. The van der Waals surface area contributed by atoms with Gasteiger partial charge >= 0.3 is 0 Å². The Morgan fingerprint density at radius 3 is 2.26 bits per heavy atom. The lowest BCUT2D eigenvalue weighted by Crippen LogP contribution is -2.48. The Morgan fingerprint density at radius 2 is 1.68 bits per heavy atom. The molecule has 0 atom stereocenters. The standard InChI is InChI=1S/C15H13F2NO/c16-11-3-6-14(17)13(7-11)15(8-19-9-15)10-1-4-12(18)5-2-10/h1-7H,8-9,18H2. The molecule has 1 heterocycles. The summed E-state index contributed by atoms with van der Waals surface area (Å²) in [6.07, 6.45) is 0. The number of hydrogen-bond acceptors (Lipinski definition) is 2. The maximum Gasteiger partial charge on any atom is 0.127 e. The van der Waals surface area contributed by atoms with Crippen molar-refractivity contribution in [2.45, 2.75) is 5.41 Å². The number of benzene rings is 2. The first-order valence-electron chi connectivity index (χ1n) is 6.01. The van der Waals surface area contributed by atoms with Gasteiger partial charge in [0.25, 0.3) is 0 Å². The minimum atomic E-state index is -0.611. The summed E-state index contributed by atoms with van der Waals surface area (Å²) >= 11 is 0. The lowest BCUT2D eigenvalue weighted by molar-refractivity contribution is -0.0396. The fourth-order valence-electron chi connectivity index (χ4n) is 2.45. The average Bonchev–Trinajstić information content (AvgIpc) is 2.34. The van der Waals surface area contributed by atoms with Gasteiger partial charge in [0.15, 0.2) is 0 Å². The Balaban J connectivity index is 2.13. The second-order valence-electron chi connectivity index (χ2n) is 4.82. The van der Waals surface area contributed by atoms with Gasteiger partial charge in [-0.15, -0.1) is 0 Å². The van der Waals surface area contributed by atoms with E-state index in [-0.39, 0.29) is 0 Å². The second kappa shape index (κ2) is 4.31. The molecule has 0 saturated carbocycles. The van der Waals surface area contributed by atoms with E-state index in [9.17, 15) is 8.78 Å². The van der Waals surface area contributed by atoms with Crippen molar-refractivity contribution in [2.75, 3.05) is 18.9 Å². The molecule has 0 aliphatic carbocycles. The molecule has 1 saturated heterocycles. The number of halogens is 2. The highest BCUT2D eigenvalue weighted by Gasteiger charge is 2.44. The van der Waals surface area contributed by atoms with Crippen molar-refractivity contribution in [1.82, 2.24) is 0 Å². The van der Waals surface area contributed by atoms with Crippen LogP contribution in [-0.4, -0.2) is 13.2 Å². The maximum absolute atomic E-state index is 14.0. The first kappa shape index (κ1) is 12.1. The van der Waals surface area contributed by atoms with Crippen molar-refractivity contribution in [1.29, 1.82) is 0 Å². The first-order chi connectivity index (χ1) is 9.12. The van der Waals surface area contributed by atoms with Gasteiger partial charge in [0.05, 0.1) is 18.6 Å². The topological polar surface area (TPSA) is 35.2 Å². The van der Waals surface area contributed by atoms with E-state index >= 15 is 0 Å². The molecule has 0 bridgehead atoms. The minimum Gasteiger partial charge on any atom is -0.399 e. The van der Waals surface area contributed by atoms with Crippen molar-refractivity contribution >= 4 is 5.69 Å². The smallest absolute Gasteiger partial charge is 0.127 e. The van der Waals surface area contributed by atoms with Crippen LogP contribution in [0, 0.1) is 11.6 Å². The van der Waals surface area contributed by atoms with Crippen molar-refractivity contribution < 1.29 is 13.5 Å². The van der Waals surface area contributed by atoms with Crippen LogP contribution in [0.3, 0.4) is 0 Å². The molecule has 1 aliphatic rings. The van der Waals surface area contributed by atoms with Gasteiger partial charge in [-0.3, -0.25) is 0 Å². The number of nitrogen functional groups attached to an aromatic ring is 1. The summed E-state index contributed by atoms with van der Waals surface area (Å²) in [5.74, 6) is -0.861. The van der Waals surface area contributed by atoms with Gasteiger partial charge in [0, 0.05) is 11.3 Å². The molecule has 2 aromatic rings. The van der Waals surface area contributed by atoms with E-state index in [4.69, 9.17) is 10.5 Å². The number of nitrogens with two attached hydrogens (primary N) is 1. The summed E-state index contributed by atoms with van der Waals surface area (Å²) in [5, 5.41) is 0. The van der Waals surface area contributed by atoms with Crippen molar-refractivity contribution in [3.8, 4) is 0 Å². The van der Waals surface area contributed by atoms with E-state index in [0.29, 0.717) is 24.5 Å². The van der Waals surface area contributed by atoms with Crippen LogP contribution in [0.1, 0.15) is 11.1 Å². The van der Waals surface area contributed by atoms with Crippen molar-refractivity contribution in [3.63, 3.8) is 0 Å². The van der Waals surface area contributed by atoms with Crippen LogP contribution in [0.5, 0.6) is 0 Å². The van der Waals surface area contributed by atoms with Gasteiger partial charge in [-0.2, -0.15) is 0 Å². The zero-order valence-corrected chi connectivity index (χ0v) is 10.2. The van der Waals surface area contributed by atoms with Gasteiger partial charge in [-0.05, 0) is 35.9 Å². The molecular formula is C15H13F2NO. The predicted molar refractivity (Wildman–Crippen MR) is 68.8 cm³/mol. The Labute approximate surface area is 109 Å². The van der Waals surface area contributed by atoms with E-state index in [1.807, 2.05) is 12.1 Å². The highest BCUT2D eigenvalue weighted by Crippen LogP contribution is 2.40. The second-order valence-corrected chi connectivity index (χ2v) is 4.82. The van der Waals surface area contributed by atoms with Crippen LogP contribution < -0.4 is 5.73 Å². The quantitative estimate of drug-likeness (QED) is 0.844. The fraction of sp³-hybridized carbons (Fsp3) is 0.200. The number of rotatable bonds is 2. The monoisotopic (exact) mass is 261 g/mol. The molecule has 4 heteroatoms. The SMILES string of the molecule is Nc1ccc(C2(c3cc(F)ccc3F)COC2)cc1. The largest absolute Gasteiger partial charge is 0.399 e. The Bertz CT molecular complexity index is 606. The molecule has 98 valence electrons. The van der Waals surface area contributed by atoms with Crippen LogP contribution in [0.15, 0.2) is 42.5 Å². The zero-order valence-electron chi connectivity index (χ0n) is 10.2. The van der Waals surface area contributed by atoms with E-state index < -0.39 is 17.0 Å². The highest BCUT2D eigenvalue weighted by atomic mass is 19.1. The molecular weight excluding hydrogens is 248 g/mol. The molecule has 0 spiro atoms. The van der Waals surface area contributed by atoms with Crippen LogP contribution in [0.4, 0.5) is 14.5 Å². The van der Waals surface area contributed by atoms with Gasteiger partial charge in [0.1, 0.15) is 11.6 Å². The van der Waals surface area contributed by atoms with E-state index in [2.05, 4.69) is 0 Å². The maximum atomic E-state index is 14.0.